The summed E-state index contributed by atoms with van der Waals surface area (Å²) in [6.07, 6.45) is 1.86. The molecule has 2 rings (SSSR count). The molecule has 1 heterocycles. The van der Waals surface area contributed by atoms with Crippen molar-refractivity contribution in [3.63, 3.8) is 0 Å². The van der Waals surface area contributed by atoms with Gasteiger partial charge >= 0.3 is 0 Å². The molecule has 20 heavy (non-hydrogen) atoms. The predicted molar refractivity (Wildman–Crippen MR) is 72.0 cm³/mol. The van der Waals surface area contributed by atoms with Crippen molar-refractivity contribution in [2.75, 3.05) is 13.1 Å². The molecule has 0 bridgehead atoms. The van der Waals surface area contributed by atoms with E-state index >= 15 is 0 Å². The van der Waals surface area contributed by atoms with Gasteiger partial charge in [-0.3, -0.25) is 4.79 Å². The van der Waals surface area contributed by atoms with E-state index in [4.69, 9.17) is 0 Å². The van der Waals surface area contributed by atoms with Crippen molar-refractivity contribution < 1.29 is 17.6 Å². The number of rotatable bonds is 4. The smallest absolute Gasteiger partial charge is 0.244 e. The zero-order chi connectivity index (χ0) is 14.8. The zero-order valence-corrected chi connectivity index (χ0v) is 12.0. The third-order valence-electron chi connectivity index (χ3n) is 3.25. The standard InChI is InChI=1S/C13H17FN2O3S/c1-10(13(17)16-8-4-5-9-16)15-20(18,19)12-7-3-2-6-11(12)14/h2-3,6-7,10,15H,4-5,8-9H2,1H3/t10-/m1/s1. The van der Waals surface area contributed by atoms with Gasteiger partial charge in [0.15, 0.2) is 0 Å². The summed E-state index contributed by atoms with van der Waals surface area (Å²) < 4.78 is 39.9. The highest BCUT2D eigenvalue weighted by atomic mass is 32.2. The Morgan fingerprint density at radius 2 is 1.90 bits per heavy atom. The van der Waals surface area contributed by atoms with Crippen molar-refractivity contribution in [3.05, 3.63) is 30.1 Å². The quantitative estimate of drug-likeness (QED) is 0.906. The average molecular weight is 300 g/mol. The first kappa shape index (κ1) is 14.9. The van der Waals surface area contributed by atoms with Gasteiger partial charge in [-0.05, 0) is 31.9 Å². The van der Waals surface area contributed by atoms with Gasteiger partial charge in [-0.2, -0.15) is 4.72 Å². The topological polar surface area (TPSA) is 66.5 Å². The van der Waals surface area contributed by atoms with Crippen LogP contribution in [0, 0.1) is 5.82 Å². The number of carbonyl (C=O) groups is 1. The van der Waals surface area contributed by atoms with Crippen molar-refractivity contribution in [2.45, 2.75) is 30.7 Å². The van der Waals surface area contributed by atoms with Crippen LogP contribution in [0.3, 0.4) is 0 Å². The van der Waals surface area contributed by atoms with Crippen LogP contribution in [0.1, 0.15) is 19.8 Å². The molecule has 0 spiro atoms. The third kappa shape index (κ3) is 3.16. The Morgan fingerprint density at radius 1 is 1.30 bits per heavy atom. The fraction of sp³-hybridized carbons (Fsp3) is 0.462. The van der Waals surface area contributed by atoms with Gasteiger partial charge in [-0.15, -0.1) is 0 Å². The largest absolute Gasteiger partial charge is 0.341 e. The van der Waals surface area contributed by atoms with Crippen LogP contribution in [0.4, 0.5) is 4.39 Å². The Balaban J connectivity index is 2.12. The minimum atomic E-state index is -4.04. The summed E-state index contributed by atoms with van der Waals surface area (Å²) in [6.45, 7) is 2.76. The molecular formula is C13H17FN2O3S. The van der Waals surface area contributed by atoms with Crippen LogP contribution in [-0.2, 0) is 14.8 Å². The van der Waals surface area contributed by atoms with E-state index < -0.39 is 26.8 Å². The van der Waals surface area contributed by atoms with Crippen LogP contribution in [0.2, 0.25) is 0 Å². The van der Waals surface area contributed by atoms with Crippen molar-refractivity contribution in [3.8, 4) is 0 Å². The average Bonchev–Trinajstić information content (AvgIpc) is 2.91. The molecule has 1 aromatic rings. The molecule has 1 aliphatic heterocycles. The number of hydrogen-bond acceptors (Lipinski definition) is 3. The highest BCUT2D eigenvalue weighted by Gasteiger charge is 2.28. The first-order valence-corrected chi connectivity index (χ1v) is 7.96. The van der Waals surface area contributed by atoms with Crippen LogP contribution in [0.5, 0.6) is 0 Å². The number of halogens is 1. The molecule has 0 unspecified atom stereocenters. The van der Waals surface area contributed by atoms with Crippen LogP contribution in [-0.4, -0.2) is 38.4 Å². The summed E-state index contributed by atoms with van der Waals surface area (Å²) in [5.41, 5.74) is 0. The molecule has 5 nitrogen and oxygen atoms in total. The first-order valence-electron chi connectivity index (χ1n) is 6.47. The number of amides is 1. The Hall–Kier alpha value is -1.47. The van der Waals surface area contributed by atoms with Crippen LogP contribution >= 0.6 is 0 Å². The highest BCUT2D eigenvalue weighted by molar-refractivity contribution is 7.89. The maximum Gasteiger partial charge on any atom is 0.244 e. The van der Waals surface area contributed by atoms with Gasteiger partial charge in [0.2, 0.25) is 15.9 Å². The van der Waals surface area contributed by atoms with E-state index in [1.165, 1.54) is 25.1 Å². The summed E-state index contributed by atoms with van der Waals surface area (Å²) in [4.78, 5) is 13.2. The lowest BCUT2D eigenvalue weighted by Gasteiger charge is -2.21. The summed E-state index contributed by atoms with van der Waals surface area (Å²) in [7, 11) is -4.04. The maximum absolute atomic E-state index is 13.5. The number of benzene rings is 1. The third-order valence-corrected chi connectivity index (χ3v) is 4.82. The minimum absolute atomic E-state index is 0.276. The van der Waals surface area contributed by atoms with Crippen LogP contribution in [0.15, 0.2) is 29.2 Å². The maximum atomic E-state index is 13.5. The van der Waals surface area contributed by atoms with Gasteiger partial charge in [0, 0.05) is 13.1 Å². The number of carbonyl (C=O) groups excluding carboxylic acids is 1. The second kappa shape index (κ2) is 5.88. The van der Waals surface area contributed by atoms with Crippen molar-refractivity contribution >= 4 is 15.9 Å². The molecule has 0 aliphatic carbocycles. The Morgan fingerprint density at radius 3 is 2.50 bits per heavy atom. The number of nitrogens with zero attached hydrogens (tertiary/aromatic N) is 1. The molecule has 7 heteroatoms. The van der Waals surface area contributed by atoms with Crippen molar-refractivity contribution in [1.82, 2.24) is 9.62 Å². The fourth-order valence-corrected chi connectivity index (χ4v) is 3.50. The summed E-state index contributed by atoms with van der Waals surface area (Å²) in [6, 6.07) is 4.18. The monoisotopic (exact) mass is 300 g/mol. The number of likely N-dealkylation sites (tertiary alicyclic amines) is 1. The van der Waals surface area contributed by atoms with Gasteiger partial charge in [-0.25, -0.2) is 12.8 Å². The van der Waals surface area contributed by atoms with E-state index in [1.54, 1.807) is 4.90 Å². The van der Waals surface area contributed by atoms with E-state index in [1.807, 2.05) is 0 Å². The molecule has 110 valence electrons. The van der Waals surface area contributed by atoms with E-state index in [2.05, 4.69) is 4.72 Å². The SMILES string of the molecule is C[C@@H](NS(=O)(=O)c1ccccc1F)C(=O)N1CCCC1. The van der Waals surface area contributed by atoms with Gasteiger partial charge in [0.25, 0.3) is 0 Å². The predicted octanol–water partition coefficient (Wildman–Crippen LogP) is 1.11. The van der Waals surface area contributed by atoms with E-state index in [-0.39, 0.29) is 5.91 Å². The van der Waals surface area contributed by atoms with E-state index in [0.717, 1.165) is 18.9 Å². The Bertz CT molecular complexity index is 597. The van der Waals surface area contributed by atoms with E-state index in [9.17, 15) is 17.6 Å². The Kier molecular flexibility index (Phi) is 4.39. The molecule has 0 aromatic heterocycles. The fourth-order valence-electron chi connectivity index (χ4n) is 2.22. The molecule has 1 atom stereocenters. The minimum Gasteiger partial charge on any atom is -0.341 e. The molecule has 1 N–H and O–H groups in total. The lowest BCUT2D eigenvalue weighted by Crippen LogP contribution is -2.46. The second-order valence-corrected chi connectivity index (χ2v) is 6.49. The number of hydrogen-bond donors (Lipinski definition) is 1. The summed E-state index contributed by atoms with van der Waals surface area (Å²) in [5, 5.41) is 0. The van der Waals surface area contributed by atoms with Gasteiger partial charge in [-0.1, -0.05) is 12.1 Å². The van der Waals surface area contributed by atoms with Gasteiger partial charge in [0.05, 0.1) is 6.04 Å². The lowest BCUT2D eigenvalue weighted by molar-refractivity contribution is -0.131. The van der Waals surface area contributed by atoms with Gasteiger partial charge < -0.3 is 4.90 Å². The molecule has 0 radical (unpaired) electrons. The molecule has 1 aromatic carbocycles. The summed E-state index contributed by atoms with van der Waals surface area (Å²) >= 11 is 0. The van der Waals surface area contributed by atoms with Crippen LogP contribution in [0.25, 0.3) is 0 Å². The second-order valence-electron chi connectivity index (χ2n) is 4.81. The number of nitrogens with one attached hydrogen (secondary N) is 1. The van der Waals surface area contributed by atoms with Gasteiger partial charge in [0.1, 0.15) is 10.7 Å². The lowest BCUT2D eigenvalue weighted by atomic mass is 10.3. The first-order chi connectivity index (χ1) is 9.42. The molecule has 0 saturated carbocycles. The molecule has 1 saturated heterocycles. The van der Waals surface area contributed by atoms with Crippen molar-refractivity contribution in [2.24, 2.45) is 0 Å². The van der Waals surface area contributed by atoms with E-state index in [0.29, 0.717) is 13.1 Å². The molecule has 1 amide bonds. The molecule has 1 fully saturated rings. The zero-order valence-electron chi connectivity index (χ0n) is 11.2. The normalized spacial score (nSPS) is 17.2. The molecule has 1 aliphatic rings. The van der Waals surface area contributed by atoms with Crippen molar-refractivity contribution in [1.29, 1.82) is 0 Å². The number of sulfonamides is 1. The van der Waals surface area contributed by atoms with Crippen LogP contribution < -0.4 is 4.72 Å². The molecular weight excluding hydrogens is 283 g/mol. The highest BCUT2D eigenvalue weighted by Crippen LogP contribution is 2.15. The summed E-state index contributed by atoms with van der Waals surface area (Å²) in [5.74, 6) is -1.11. The Labute approximate surface area is 117 Å².